The molecule has 0 N–H and O–H groups in total. The van der Waals surface area contributed by atoms with Crippen molar-refractivity contribution in [1.29, 1.82) is 0 Å². The highest BCUT2D eigenvalue weighted by Gasteiger charge is 2.22. The lowest BCUT2D eigenvalue weighted by Gasteiger charge is -2.34. The maximum absolute atomic E-state index is 4.33. The molecular formula is C13H19N2. The second kappa shape index (κ2) is 4.75. The number of piperidine rings is 1. The molecule has 81 valence electrons. The standard InChI is InChI=1S/C13H19N2/c1-11(2)15-9-6-12(7-10-15)13-5-3-4-8-14-13/h3-5,11-12H,6-7,9-10H2,1-2H3. The van der Waals surface area contributed by atoms with E-state index in [-0.39, 0.29) is 0 Å². The van der Waals surface area contributed by atoms with Gasteiger partial charge >= 0.3 is 0 Å². The SMILES string of the molecule is CC(C)N1CCC(c2ccc[c]n2)CC1. The van der Waals surface area contributed by atoms with Crippen LogP contribution in [0.25, 0.3) is 0 Å². The van der Waals surface area contributed by atoms with Gasteiger partial charge in [-0.1, -0.05) is 6.07 Å². The van der Waals surface area contributed by atoms with E-state index in [0.717, 1.165) is 0 Å². The molecule has 1 radical (unpaired) electrons. The molecule has 1 aromatic heterocycles. The summed E-state index contributed by atoms with van der Waals surface area (Å²) in [6.45, 7) is 6.96. The largest absolute Gasteiger partial charge is 0.301 e. The van der Waals surface area contributed by atoms with Gasteiger partial charge in [0, 0.05) is 17.7 Å². The molecule has 1 saturated heterocycles. The zero-order chi connectivity index (χ0) is 10.7. The van der Waals surface area contributed by atoms with E-state index in [1.165, 1.54) is 31.6 Å². The predicted octanol–water partition coefficient (Wildman–Crippen LogP) is 2.47. The number of hydrogen-bond donors (Lipinski definition) is 0. The Morgan fingerprint density at radius 2 is 2.13 bits per heavy atom. The highest BCUT2D eigenvalue weighted by atomic mass is 15.1. The Bertz CT molecular complexity index is 287. The van der Waals surface area contributed by atoms with Crippen LogP contribution in [0, 0.1) is 6.20 Å². The lowest BCUT2D eigenvalue weighted by Crippen LogP contribution is -2.37. The summed E-state index contributed by atoms with van der Waals surface area (Å²) in [5, 5.41) is 0. The number of pyridine rings is 1. The number of rotatable bonds is 2. The van der Waals surface area contributed by atoms with Crippen molar-refractivity contribution in [3.8, 4) is 0 Å². The van der Waals surface area contributed by atoms with Crippen LogP contribution in [0.4, 0.5) is 0 Å². The monoisotopic (exact) mass is 203 g/mol. The summed E-state index contributed by atoms with van der Waals surface area (Å²) >= 11 is 0. The summed E-state index contributed by atoms with van der Waals surface area (Å²) < 4.78 is 0. The number of likely N-dealkylation sites (tertiary alicyclic amines) is 1. The van der Waals surface area contributed by atoms with Gasteiger partial charge in [0.15, 0.2) is 0 Å². The minimum atomic E-state index is 0.650. The van der Waals surface area contributed by atoms with Crippen LogP contribution in [0.5, 0.6) is 0 Å². The Balaban J connectivity index is 1.94. The minimum absolute atomic E-state index is 0.650. The predicted molar refractivity (Wildman–Crippen MR) is 61.8 cm³/mol. The van der Waals surface area contributed by atoms with Crippen molar-refractivity contribution in [2.75, 3.05) is 13.1 Å². The summed E-state index contributed by atoms with van der Waals surface area (Å²) in [4.78, 5) is 6.87. The van der Waals surface area contributed by atoms with E-state index >= 15 is 0 Å². The Labute approximate surface area is 92.3 Å². The highest BCUT2D eigenvalue weighted by molar-refractivity contribution is 5.09. The van der Waals surface area contributed by atoms with Crippen LogP contribution in [0.1, 0.15) is 38.3 Å². The molecule has 0 unspecified atom stereocenters. The lowest BCUT2D eigenvalue weighted by molar-refractivity contribution is 0.171. The molecular weight excluding hydrogens is 184 g/mol. The summed E-state index contributed by atoms with van der Waals surface area (Å²) in [7, 11) is 0. The number of aromatic nitrogens is 1. The minimum Gasteiger partial charge on any atom is -0.301 e. The van der Waals surface area contributed by atoms with Crippen molar-refractivity contribution in [2.45, 2.75) is 38.6 Å². The lowest BCUT2D eigenvalue weighted by atomic mass is 9.92. The van der Waals surface area contributed by atoms with Gasteiger partial charge in [0.05, 0.1) is 6.20 Å². The summed E-state index contributed by atoms with van der Waals surface area (Å²) in [6.07, 6.45) is 5.41. The fourth-order valence-corrected chi connectivity index (χ4v) is 2.28. The summed E-state index contributed by atoms with van der Waals surface area (Å²) in [6, 6.07) is 6.72. The Kier molecular flexibility index (Phi) is 3.37. The molecule has 0 aliphatic carbocycles. The first-order valence-electron chi connectivity index (χ1n) is 5.84. The zero-order valence-electron chi connectivity index (χ0n) is 9.61. The second-order valence-electron chi connectivity index (χ2n) is 4.60. The van der Waals surface area contributed by atoms with Crippen molar-refractivity contribution >= 4 is 0 Å². The van der Waals surface area contributed by atoms with E-state index < -0.39 is 0 Å². The van der Waals surface area contributed by atoms with Crippen LogP contribution in [-0.2, 0) is 0 Å². The average molecular weight is 203 g/mol. The van der Waals surface area contributed by atoms with Gasteiger partial charge in [-0.15, -0.1) is 0 Å². The van der Waals surface area contributed by atoms with Crippen LogP contribution in [0.15, 0.2) is 18.2 Å². The normalized spacial score (nSPS) is 19.7. The van der Waals surface area contributed by atoms with Crippen LogP contribution < -0.4 is 0 Å². The van der Waals surface area contributed by atoms with Crippen molar-refractivity contribution in [1.82, 2.24) is 9.88 Å². The van der Waals surface area contributed by atoms with E-state index in [9.17, 15) is 0 Å². The molecule has 0 amide bonds. The fourth-order valence-electron chi connectivity index (χ4n) is 2.28. The van der Waals surface area contributed by atoms with Gasteiger partial charge < -0.3 is 4.90 Å². The van der Waals surface area contributed by atoms with Crippen molar-refractivity contribution in [3.05, 3.63) is 30.1 Å². The molecule has 1 aliphatic rings. The van der Waals surface area contributed by atoms with Gasteiger partial charge in [-0.3, -0.25) is 4.98 Å². The van der Waals surface area contributed by atoms with Gasteiger partial charge in [0.1, 0.15) is 0 Å². The van der Waals surface area contributed by atoms with E-state index in [4.69, 9.17) is 0 Å². The average Bonchev–Trinajstić information content (AvgIpc) is 2.30. The molecule has 2 heterocycles. The van der Waals surface area contributed by atoms with Crippen LogP contribution >= 0.6 is 0 Å². The van der Waals surface area contributed by atoms with Gasteiger partial charge in [0.25, 0.3) is 0 Å². The molecule has 2 heteroatoms. The first kappa shape index (κ1) is 10.6. The maximum atomic E-state index is 4.33. The molecule has 15 heavy (non-hydrogen) atoms. The van der Waals surface area contributed by atoms with Crippen molar-refractivity contribution < 1.29 is 0 Å². The van der Waals surface area contributed by atoms with Gasteiger partial charge in [0.2, 0.25) is 0 Å². The first-order valence-corrected chi connectivity index (χ1v) is 5.84. The molecule has 0 atom stereocenters. The molecule has 0 spiro atoms. The third-order valence-corrected chi connectivity index (χ3v) is 3.31. The maximum Gasteiger partial charge on any atom is 0.0889 e. The second-order valence-corrected chi connectivity index (χ2v) is 4.60. The van der Waals surface area contributed by atoms with Gasteiger partial charge in [-0.25, -0.2) is 0 Å². The molecule has 0 aromatic carbocycles. The third kappa shape index (κ3) is 2.57. The molecule has 0 bridgehead atoms. The van der Waals surface area contributed by atoms with Crippen LogP contribution in [0.3, 0.4) is 0 Å². The summed E-state index contributed by atoms with van der Waals surface area (Å²) in [5.41, 5.74) is 1.22. The van der Waals surface area contributed by atoms with Gasteiger partial charge in [-0.05, 0) is 51.9 Å². The summed E-state index contributed by atoms with van der Waals surface area (Å²) in [5.74, 6) is 0.650. The Morgan fingerprint density at radius 1 is 1.40 bits per heavy atom. The Morgan fingerprint density at radius 3 is 2.67 bits per heavy atom. The molecule has 1 aliphatic heterocycles. The molecule has 2 nitrogen and oxygen atoms in total. The van der Waals surface area contributed by atoms with E-state index in [1.54, 1.807) is 0 Å². The molecule has 0 saturated carbocycles. The van der Waals surface area contributed by atoms with Gasteiger partial charge in [-0.2, -0.15) is 0 Å². The molecule has 1 fully saturated rings. The van der Waals surface area contributed by atoms with Crippen molar-refractivity contribution in [3.63, 3.8) is 0 Å². The van der Waals surface area contributed by atoms with Crippen LogP contribution in [0.2, 0.25) is 0 Å². The highest BCUT2D eigenvalue weighted by Crippen LogP contribution is 2.26. The third-order valence-electron chi connectivity index (χ3n) is 3.31. The molecule has 1 aromatic rings. The topological polar surface area (TPSA) is 16.1 Å². The Hall–Kier alpha value is -0.890. The first-order chi connectivity index (χ1) is 7.27. The zero-order valence-corrected chi connectivity index (χ0v) is 9.61. The molecule has 2 rings (SSSR count). The van der Waals surface area contributed by atoms with E-state index in [0.29, 0.717) is 12.0 Å². The number of hydrogen-bond acceptors (Lipinski definition) is 2. The van der Waals surface area contributed by atoms with E-state index in [2.05, 4.69) is 36.0 Å². The van der Waals surface area contributed by atoms with E-state index in [1.807, 2.05) is 12.1 Å². The fraction of sp³-hybridized carbons (Fsp3) is 0.615. The van der Waals surface area contributed by atoms with Crippen LogP contribution in [-0.4, -0.2) is 29.0 Å². The smallest absolute Gasteiger partial charge is 0.0889 e. The number of nitrogens with zero attached hydrogens (tertiary/aromatic N) is 2. The quantitative estimate of drug-likeness (QED) is 0.734. The van der Waals surface area contributed by atoms with Crippen molar-refractivity contribution in [2.24, 2.45) is 0 Å².